The molecule has 1 amide bonds. The first-order valence-electron chi connectivity index (χ1n) is 7.97. The Kier molecular flexibility index (Phi) is 6.26. The minimum Gasteiger partial charge on any atom is -0.464 e. The van der Waals surface area contributed by atoms with Crippen molar-refractivity contribution in [2.24, 2.45) is 0 Å². The zero-order chi connectivity index (χ0) is 19.1. The van der Waals surface area contributed by atoms with Crippen molar-refractivity contribution >= 4 is 23.3 Å². The minimum absolute atomic E-state index is 0.0532. The number of benzene rings is 2. The van der Waals surface area contributed by atoms with Gasteiger partial charge in [0.2, 0.25) is 0 Å². The number of hydrogen-bond donors (Lipinski definition) is 2. The highest BCUT2D eigenvalue weighted by molar-refractivity contribution is 6.00. The second-order valence-electron chi connectivity index (χ2n) is 5.49. The molecule has 0 aliphatic carbocycles. The Morgan fingerprint density at radius 3 is 2.42 bits per heavy atom. The van der Waals surface area contributed by atoms with Gasteiger partial charge in [-0.05, 0) is 24.6 Å². The molecule has 0 heterocycles. The Morgan fingerprint density at radius 2 is 1.85 bits per heavy atom. The van der Waals surface area contributed by atoms with Gasteiger partial charge < -0.3 is 15.8 Å². The summed E-state index contributed by atoms with van der Waals surface area (Å²) in [4.78, 5) is 34.8. The number of carbonyl (C=O) groups is 2. The highest BCUT2D eigenvalue weighted by Crippen LogP contribution is 2.15. The summed E-state index contributed by atoms with van der Waals surface area (Å²) in [6.45, 7) is 1.83. The number of hydrogen-bond acceptors (Lipinski definition) is 6. The molecule has 2 aromatic carbocycles. The molecular weight excluding hydrogens is 338 g/mol. The van der Waals surface area contributed by atoms with Crippen LogP contribution in [0.25, 0.3) is 0 Å². The summed E-state index contributed by atoms with van der Waals surface area (Å²) in [6.07, 6.45) is 0.134. The molecule has 0 aliphatic heterocycles. The summed E-state index contributed by atoms with van der Waals surface area (Å²) >= 11 is 0. The lowest BCUT2D eigenvalue weighted by Gasteiger charge is -2.18. The topological polar surface area (TPSA) is 125 Å². The number of nitro benzene ring substituents is 1. The largest absolute Gasteiger partial charge is 0.464 e. The first-order valence-corrected chi connectivity index (χ1v) is 7.97. The van der Waals surface area contributed by atoms with Crippen LogP contribution in [0.4, 0.5) is 11.4 Å². The Bertz CT molecular complexity index is 805. The number of carbonyl (C=O) groups excluding carboxylic acids is 2. The lowest BCUT2D eigenvalue weighted by molar-refractivity contribution is -0.384. The molecule has 2 aromatic rings. The van der Waals surface area contributed by atoms with Gasteiger partial charge in [0.05, 0.1) is 17.1 Å². The van der Waals surface area contributed by atoms with Crippen molar-refractivity contribution in [2.45, 2.75) is 19.4 Å². The van der Waals surface area contributed by atoms with Gasteiger partial charge in [0.15, 0.2) is 0 Å². The molecule has 2 rings (SSSR count). The maximum absolute atomic E-state index is 12.4. The summed E-state index contributed by atoms with van der Waals surface area (Å²) in [7, 11) is 0. The van der Waals surface area contributed by atoms with Gasteiger partial charge in [-0.15, -0.1) is 0 Å². The smallest absolute Gasteiger partial charge is 0.328 e. The lowest BCUT2D eigenvalue weighted by atomic mass is 10.0. The standard InChI is InChI=1S/C18H19N3O5/c1-2-26-18(23)16(11-12-7-9-13(10-8-12)21(24)25)20-17(22)14-5-3-4-6-15(14)19/h3-10,16H,2,11,19H2,1H3,(H,20,22). The van der Waals surface area contributed by atoms with E-state index in [1.54, 1.807) is 31.2 Å². The van der Waals surface area contributed by atoms with Gasteiger partial charge in [-0.1, -0.05) is 24.3 Å². The number of nitrogen functional groups attached to an aromatic ring is 1. The summed E-state index contributed by atoms with van der Waals surface area (Å²) in [5.41, 5.74) is 6.93. The number of nitrogens with zero attached hydrogens (tertiary/aromatic N) is 1. The number of nitrogens with two attached hydrogens (primary N) is 1. The van der Waals surface area contributed by atoms with Crippen molar-refractivity contribution in [3.63, 3.8) is 0 Å². The van der Waals surface area contributed by atoms with Crippen LogP contribution in [0, 0.1) is 10.1 Å². The van der Waals surface area contributed by atoms with Crippen LogP contribution in [0.1, 0.15) is 22.8 Å². The van der Waals surface area contributed by atoms with Crippen molar-refractivity contribution in [1.82, 2.24) is 5.32 Å². The first kappa shape index (κ1) is 18.9. The highest BCUT2D eigenvalue weighted by Gasteiger charge is 2.24. The van der Waals surface area contributed by atoms with E-state index in [2.05, 4.69) is 5.32 Å². The molecule has 0 saturated carbocycles. The van der Waals surface area contributed by atoms with E-state index in [4.69, 9.17) is 10.5 Å². The summed E-state index contributed by atoms with van der Waals surface area (Å²) in [5, 5.41) is 13.3. The molecule has 0 saturated heterocycles. The molecule has 136 valence electrons. The fourth-order valence-corrected chi connectivity index (χ4v) is 2.37. The molecule has 1 atom stereocenters. The van der Waals surface area contributed by atoms with Gasteiger partial charge >= 0.3 is 5.97 Å². The summed E-state index contributed by atoms with van der Waals surface area (Å²) in [6, 6.07) is 11.3. The minimum atomic E-state index is -0.941. The van der Waals surface area contributed by atoms with Crippen LogP contribution in [0.2, 0.25) is 0 Å². The van der Waals surface area contributed by atoms with E-state index in [0.29, 0.717) is 11.3 Å². The Balaban J connectivity index is 2.18. The maximum atomic E-state index is 12.4. The molecule has 0 aliphatic rings. The number of esters is 1. The number of para-hydroxylation sites is 1. The van der Waals surface area contributed by atoms with Crippen LogP contribution in [-0.4, -0.2) is 29.4 Å². The quantitative estimate of drug-likeness (QED) is 0.338. The number of amides is 1. The van der Waals surface area contributed by atoms with Crippen molar-refractivity contribution < 1.29 is 19.2 Å². The average Bonchev–Trinajstić information content (AvgIpc) is 2.62. The molecule has 0 bridgehead atoms. The van der Waals surface area contributed by atoms with Crippen LogP contribution < -0.4 is 11.1 Å². The second-order valence-corrected chi connectivity index (χ2v) is 5.49. The second kappa shape index (κ2) is 8.61. The molecule has 0 spiro atoms. The van der Waals surface area contributed by atoms with E-state index < -0.39 is 22.8 Å². The van der Waals surface area contributed by atoms with Crippen molar-refractivity contribution in [3.8, 4) is 0 Å². The summed E-state index contributed by atoms with van der Waals surface area (Å²) < 4.78 is 5.01. The molecule has 0 fully saturated rings. The molecule has 1 unspecified atom stereocenters. The fraction of sp³-hybridized carbons (Fsp3) is 0.222. The van der Waals surface area contributed by atoms with E-state index in [0.717, 1.165) is 0 Å². The SMILES string of the molecule is CCOC(=O)C(Cc1ccc([N+](=O)[O-])cc1)NC(=O)c1ccccc1N. The monoisotopic (exact) mass is 357 g/mol. The molecule has 0 radical (unpaired) electrons. The van der Waals surface area contributed by atoms with Gasteiger partial charge in [-0.2, -0.15) is 0 Å². The van der Waals surface area contributed by atoms with Gasteiger partial charge in [0.25, 0.3) is 11.6 Å². The Morgan fingerprint density at radius 1 is 1.19 bits per heavy atom. The number of nitrogens with one attached hydrogen (secondary N) is 1. The summed E-state index contributed by atoms with van der Waals surface area (Å²) in [5.74, 6) is -1.09. The zero-order valence-electron chi connectivity index (χ0n) is 14.2. The van der Waals surface area contributed by atoms with E-state index in [1.165, 1.54) is 24.3 Å². The van der Waals surface area contributed by atoms with Crippen LogP contribution in [0.15, 0.2) is 48.5 Å². The van der Waals surface area contributed by atoms with Crippen LogP contribution >= 0.6 is 0 Å². The number of rotatable bonds is 7. The number of non-ortho nitro benzene ring substituents is 1. The third-order valence-electron chi connectivity index (χ3n) is 3.67. The lowest BCUT2D eigenvalue weighted by Crippen LogP contribution is -2.43. The number of ether oxygens (including phenoxy) is 1. The maximum Gasteiger partial charge on any atom is 0.328 e. The molecule has 3 N–H and O–H groups in total. The molecule has 8 nitrogen and oxygen atoms in total. The predicted molar refractivity (Wildman–Crippen MR) is 95.5 cm³/mol. The third-order valence-corrected chi connectivity index (χ3v) is 3.67. The van der Waals surface area contributed by atoms with Crippen molar-refractivity contribution in [1.29, 1.82) is 0 Å². The first-order chi connectivity index (χ1) is 12.4. The van der Waals surface area contributed by atoms with E-state index in [-0.39, 0.29) is 24.3 Å². The van der Waals surface area contributed by atoms with Gasteiger partial charge in [-0.3, -0.25) is 14.9 Å². The Labute approximate surface area is 150 Å². The van der Waals surface area contributed by atoms with Crippen LogP contribution in [-0.2, 0) is 16.0 Å². The predicted octanol–water partition coefficient (Wildman–Crippen LogP) is 2.08. The third kappa shape index (κ3) is 4.79. The van der Waals surface area contributed by atoms with E-state index >= 15 is 0 Å². The molecule has 26 heavy (non-hydrogen) atoms. The normalized spacial score (nSPS) is 11.4. The number of anilines is 1. The highest BCUT2D eigenvalue weighted by atomic mass is 16.6. The number of nitro groups is 1. The van der Waals surface area contributed by atoms with E-state index in [1.807, 2.05) is 0 Å². The van der Waals surface area contributed by atoms with Gasteiger partial charge in [-0.25, -0.2) is 4.79 Å². The van der Waals surface area contributed by atoms with Crippen molar-refractivity contribution in [2.75, 3.05) is 12.3 Å². The van der Waals surface area contributed by atoms with E-state index in [9.17, 15) is 19.7 Å². The Hall–Kier alpha value is -3.42. The van der Waals surface area contributed by atoms with Crippen molar-refractivity contribution in [3.05, 3.63) is 69.8 Å². The van der Waals surface area contributed by atoms with Gasteiger partial charge in [0.1, 0.15) is 6.04 Å². The fourth-order valence-electron chi connectivity index (χ4n) is 2.37. The average molecular weight is 357 g/mol. The van der Waals surface area contributed by atoms with Crippen LogP contribution in [0.3, 0.4) is 0 Å². The molecular formula is C18H19N3O5. The molecule has 8 heteroatoms. The van der Waals surface area contributed by atoms with Gasteiger partial charge in [0, 0.05) is 24.2 Å². The zero-order valence-corrected chi connectivity index (χ0v) is 14.2. The molecule has 0 aromatic heterocycles. The van der Waals surface area contributed by atoms with Crippen LogP contribution in [0.5, 0.6) is 0 Å².